The number of phenolic OH excluding ortho intramolecular Hbond substituents is 1. The van der Waals surface area contributed by atoms with Crippen LogP contribution in [0.2, 0.25) is 0 Å². The van der Waals surface area contributed by atoms with Crippen molar-refractivity contribution in [1.29, 1.82) is 0 Å². The molecule has 2 fully saturated rings. The second-order valence-electron chi connectivity index (χ2n) is 16.1. The van der Waals surface area contributed by atoms with Gasteiger partial charge in [0, 0.05) is 26.1 Å². The zero-order valence-electron chi connectivity index (χ0n) is 36.0. The number of phenols is 1. The molecule has 2 heterocycles. The van der Waals surface area contributed by atoms with E-state index in [0.29, 0.717) is 57.2 Å². The lowest BCUT2D eigenvalue weighted by atomic mass is 9.98. The van der Waals surface area contributed by atoms with Crippen LogP contribution < -0.4 is 44.2 Å². The number of guanidine groups is 1. The van der Waals surface area contributed by atoms with Crippen LogP contribution in [0.5, 0.6) is 5.75 Å². The number of hydrogen-bond donors (Lipinski definition) is 11. The predicted molar refractivity (Wildman–Crippen MR) is 229 cm³/mol. The van der Waals surface area contributed by atoms with Crippen molar-refractivity contribution >= 4 is 47.4 Å². The van der Waals surface area contributed by atoms with E-state index in [2.05, 4.69) is 26.3 Å². The van der Waals surface area contributed by atoms with Gasteiger partial charge in [0.15, 0.2) is 5.96 Å². The number of aliphatic carboxylic acids is 1. The molecule has 1 aromatic carbocycles. The van der Waals surface area contributed by atoms with E-state index in [4.69, 9.17) is 22.9 Å². The van der Waals surface area contributed by atoms with Gasteiger partial charge in [-0.3, -0.25) is 33.8 Å². The van der Waals surface area contributed by atoms with Crippen LogP contribution >= 0.6 is 0 Å². The zero-order valence-corrected chi connectivity index (χ0v) is 36.0. The standard InChI is InChI=1S/C41H67N11O10/c1-4-23(2)32(43)39(60)52-21-9-13-31(52)36(57)49-29(22-25-14-16-26(54)17-15-25)34(55)50-33(24(3)53)37(58)47-27(10-5-6-18-42)38(59)51-20-8-12-30(51)35(56)48-28(40(61)62)11-7-19-46-41(44)45/h14-17,23-24,27-33,53-54H,4-13,18-22,42-43H2,1-3H3,(H,47,58)(H,48,56)(H,49,57)(H,50,55)(H,61,62)(H4,44,45,46)/t23-,24+,27-,28-,29-,30-,31-,32-,33-/m0/s1. The van der Waals surface area contributed by atoms with E-state index in [9.17, 15) is 48.9 Å². The summed E-state index contributed by atoms with van der Waals surface area (Å²) in [5, 5.41) is 40.9. The molecular weight excluding hydrogens is 807 g/mol. The van der Waals surface area contributed by atoms with Crippen molar-refractivity contribution in [2.45, 2.75) is 140 Å². The number of carbonyl (C=O) groups is 7. The monoisotopic (exact) mass is 874 g/mol. The van der Waals surface area contributed by atoms with E-state index < -0.39 is 83.9 Å². The van der Waals surface area contributed by atoms with Crippen molar-refractivity contribution in [3.05, 3.63) is 29.8 Å². The van der Waals surface area contributed by atoms with Crippen LogP contribution in [0, 0.1) is 5.92 Å². The fraction of sp³-hybridized carbons (Fsp3) is 0.659. The summed E-state index contributed by atoms with van der Waals surface area (Å²) >= 11 is 0. The fourth-order valence-electron chi connectivity index (χ4n) is 7.54. The summed E-state index contributed by atoms with van der Waals surface area (Å²) in [6, 6.07) is -2.31. The Labute approximate surface area is 362 Å². The maximum atomic E-state index is 14.1. The smallest absolute Gasteiger partial charge is 0.326 e. The van der Waals surface area contributed by atoms with Crippen molar-refractivity contribution in [3.8, 4) is 5.75 Å². The van der Waals surface area contributed by atoms with E-state index in [1.165, 1.54) is 28.9 Å². The SMILES string of the molecule is CC[C@H](C)[C@H](N)C(=O)N1CCC[C@H]1C(=O)N[C@@H](Cc1ccc(O)cc1)C(=O)N[C@H](C(=O)N[C@@H](CCCCN)C(=O)N1CCC[C@H]1C(=O)N[C@@H](CCCN=C(N)N)C(=O)O)[C@@H](C)O. The quantitative estimate of drug-likeness (QED) is 0.0301. The normalized spacial score (nSPS) is 19.5. The summed E-state index contributed by atoms with van der Waals surface area (Å²) in [5.41, 5.74) is 23.2. The Morgan fingerprint density at radius 2 is 1.35 bits per heavy atom. The molecule has 21 nitrogen and oxygen atoms in total. The third kappa shape index (κ3) is 14.8. The number of nitrogens with two attached hydrogens (primary N) is 4. The van der Waals surface area contributed by atoms with Gasteiger partial charge in [0.2, 0.25) is 35.4 Å². The Morgan fingerprint density at radius 1 is 0.790 bits per heavy atom. The zero-order chi connectivity index (χ0) is 46.1. The molecular formula is C41H67N11O10. The third-order valence-corrected chi connectivity index (χ3v) is 11.4. The minimum atomic E-state index is -1.63. The van der Waals surface area contributed by atoms with Crippen LogP contribution in [0.3, 0.4) is 0 Å². The van der Waals surface area contributed by atoms with Crippen LogP contribution in [-0.2, 0) is 40.0 Å². The van der Waals surface area contributed by atoms with E-state index in [-0.39, 0.29) is 68.7 Å². The van der Waals surface area contributed by atoms with Crippen LogP contribution in [0.1, 0.15) is 90.5 Å². The highest BCUT2D eigenvalue weighted by Crippen LogP contribution is 2.23. The number of aliphatic imine (C=N–C) groups is 1. The number of aliphatic hydroxyl groups is 1. The highest BCUT2D eigenvalue weighted by atomic mass is 16.4. The number of rotatable bonds is 24. The Balaban J connectivity index is 1.82. The van der Waals surface area contributed by atoms with Gasteiger partial charge < -0.3 is 69.3 Å². The summed E-state index contributed by atoms with van der Waals surface area (Å²) in [6.45, 7) is 5.92. The highest BCUT2D eigenvalue weighted by Gasteiger charge is 2.41. The first-order valence-corrected chi connectivity index (χ1v) is 21.4. The maximum Gasteiger partial charge on any atom is 0.326 e. The number of likely N-dealkylation sites (tertiary alicyclic amines) is 2. The fourth-order valence-corrected chi connectivity index (χ4v) is 7.54. The molecule has 0 aromatic heterocycles. The number of aromatic hydroxyl groups is 1. The topological polar surface area (TPSA) is 351 Å². The van der Waals surface area contributed by atoms with Crippen molar-refractivity contribution in [1.82, 2.24) is 31.1 Å². The predicted octanol–water partition coefficient (Wildman–Crippen LogP) is -2.12. The molecule has 2 aliphatic rings. The van der Waals surface area contributed by atoms with Crippen molar-refractivity contribution < 1.29 is 48.9 Å². The molecule has 0 bridgehead atoms. The highest BCUT2D eigenvalue weighted by molar-refractivity contribution is 5.97. The number of carboxylic acids is 1. The number of carbonyl (C=O) groups excluding carboxylic acids is 6. The number of carboxylic acid groups (broad SMARTS) is 1. The minimum Gasteiger partial charge on any atom is -0.508 e. The van der Waals surface area contributed by atoms with Gasteiger partial charge in [-0.25, -0.2) is 4.79 Å². The minimum absolute atomic E-state index is 0.0218. The molecule has 0 unspecified atom stereocenters. The molecule has 0 spiro atoms. The molecule has 6 amide bonds. The van der Waals surface area contributed by atoms with Gasteiger partial charge >= 0.3 is 5.97 Å². The van der Waals surface area contributed by atoms with Crippen molar-refractivity contribution in [2.24, 2.45) is 33.8 Å². The Morgan fingerprint density at radius 3 is 1.89 bits per heavy atom. The number of unbranched alkanes of at least 4 members (excludes halogenated alkanes) is 1. The van der Waals surface area contributed by atoms with E-state index in [0.717, 1.165) is 0 Å². The van der Waals surface area contributed by atoms with E-state index in [1.54, 1.807) is 12.1 Å². The summed E-state index contributed by atoms with van der Waals surface area (Å²) in [5.74, 6) is -5.66. The van der Waals surface area contributed by atoms with Crippen molar-refractivity contribution in [2.75, 3.05) is 26.2 Å². The average molecular weight is 874 g/mol. The van der Waals surface area contributed by atoms with Gasteiger partial charge in [-0.1, -0.05) is 32.4 Å². The van der Waals surface area contributed by atoms with Gasteiger partial charge in [-0.15, -0.1) is 0 Å². The van der Waals surface area contributed by atoms with Gasteiger partial charge in [-0.05, 0) is 94.9 Å². The average Bonchev–Trinajstić information content (AvgIpc) is 3.94. The molecule has 0 aliphatic carbocycles. The third-order valence-electron chi connectivity index (χ3n) is 11.4. The second kappa shape index (κ2) is 24.8. The number of aliphatic hydroxyl groups excluding tert-OH is 1. The van der Waals surface area contributed by atoms with Crippen molar-refractivity contribution in [3.63, 3.8) is 0 Å². The molecule has 9 atom stereocenters. The first-order chi connectivity index (χ1) is 29.4. The summed E-state index contributed by atoms with van der Waals surface area (Å²) in [4.78, 5) is 101. The number of nitrogens with one attached hydrogen (secondary N) is 4. The molecule has 2 aliphatic heterocycles. The van der Waals surface area contributed by atoms with Crippen LogP contribution in [0.4, 0.5) is 0 Å². The summed E-state index contributed by atoms with van der Waals surface area (Å²) in [7, 11) is 0. The maximum absolute atomic E-state index is 14.1. The van der Waals surface area contributed by atoms with Gasteiger partial charge in [0.1, 0.15) is 42.0 Å². The molecule has 0 saturated carbocycles. The lowest BCUT2D eigenvalue weighted by Gasteiger charge is -2.31. The van der Waals surface area contributed by atoms with E-state index >= 15 is 0 Å². The van der Waals surface area contributed by atoms with Gasteiger partial charge in [-0.2, -0.15) is 0 Å². The molecule has 15 N–H and O–H groups in total. The van der Waals surface area contributed by atoms with Crippen LogP contribution in [0.15, 0.2) is 29.3 Å². The largest absolute Gasteiger partial charge is 0.508 e. The molecule has 2 saturated heterocycles. The summed E-state index contributed by atoms with van der Waals surface area (Å²) < 4.78 is 0. The molecule has 21 heteroatoms. The lowest BCUT2D eigenvalue weighted by molar-refractivity contribution is -0.145. The Bertz CT molecular complexity index is 1730. The number of hydrogen-bond acceptors (Lipinski definition) is 12. The Kier molecular flexibility index (Phi) is 20.3. The Hall–Kier alpha value is -5.54. The van der Waals surface area contributed by atoms with Gasteiger partial charge in [0.05, 0.1) is 12.1 Å². The number of nitrogens with zero attached hydrogens (tertiary/aromatic N) is 3. The van der Waals surface area contributed by atoms with Gasteiger partial charge in [0.25, 0.3) is 0 Å². The first kappa shape index (κ1) is 50.8. The molecule has 346 valence electrons. The molecule has 3 rings (SSSR count). The molecule has 1 aromatic rings. The van der Waals surface area contributed by atoms with E-state index in [1.807, 2.05) is 13.8 Å². The summed E-state index contributed by atoms with van der Waals surface area (Å²) in [6.07, 6.45) is 1.84. The molecule has 62 heavy (non-hydrogen) atoms. The van der Waals surface area contributed by atoms with Crippen LogP contribution in [0.25, 0.3) is 0 Å². The lowest BCUT2D eigenvalue weighted by Crippen LogP contribution is -2.61. The second-order valence-corrected chi connectivity index (χ2v) is 16.1. The number of benzene rings is 1. The molecule has 0 radical (unpaired) electrons. The number of amides is 6. The first-order valence-electron chi connectivity index (χ1n) is 21.4. The van der Waals surface area contributed by atoms with Crippen LogP contribution in [-0.4, -0.2) is 147 Å².